The fourth-order valence-electron chi connectivity index (χ4n) is 3.75. The molecule has 1 N–H and O–H groups in total. The number of sulfonamides is 1. The third kappa shape index (κ3) is 5.07. The molecule has 1 fully saturated rings. The van der Waals surface area contributed by atoms with Crippen LogP contribution in [0, 0.1) is 12.7 Å². The van der Waals surface area contributed by atoms with E-state index < -0.39 is 15.8 Å². The predicted molar refractivity (Wildman–Crippen MR) is 124 cm³/mol. The molecule has 0 aliphatic carbocycles. The molecule has 8 nitrogen and oxygen atoms in total. The van der Waals surface area contributed by atoms with Crippen LogP contribution in [0.2, 0.25) is 0 Å². The van der Waals surface area contributed by atoms with Gasteiger partial charge in [0.25, 0.3) is 21.8 Å². The summed E-state index contributed by atoms with van der Waals surface area (Å²) in [7, 11) is -3.91. The Morgan fingerprint density at radius 3 is 2.15 bits per heavy atom. The van der Waals surface area contributed by atoms with Gasteiger partial charge in [-0.2, -0.15) is 0 Å². The van der Waals surface area contributed by atoms with Crippen molar-refractivity contribution in [1.29, 1.82) is 0 Å². The summed E-state index contributed by atoms with van der Waals surface area (Å²) in [6.45, 7) is 3.08. The first-order valence-corrected chi connectivity index (χ1v) is 12.1. The summed E-state index contributed by atoms with van der Waals surface area (Å²) in [5.41, 5.74) is 1.35. The Kier molecular flexibility index (Phi) is 6.60. The molecule has 0 spiro atoms. The van der Waals surface area contributed by atoms with Crippen molar-refractivity contribution in [1.82, 2.24) is 14.8 Å². The summed E-state index contributed by atoms with van der Waals surface area (Å²) < 4.78 is 41.0. The van der Waals surface area contributed by atoms with Gasteiger partial charge in [0.15, 0.2) is 0 Å². The number of amides is 2. The van der Waals surface area contributed by atoms with Crippen LogP contribution in [0.25, 0.3) is 0 Å². The van der Waals surface area contributed by atoms with Crippen molar-refractivity contribution in [2.24, 2.45) is 0 Å². The third-order valence-electron chi connectivity index (χ3n) is 5.55. The molecule has 1 saturated heterocycles. The fraction of sp³-hybridized carbons (Fsp3) is 0.208. The number of piperazine rings is 1. The van der Waals surface area contributed by atoms with Gasteiger partial charge in [0, 0.05) is 43.6 Å². The SMILES string of the molecule is Cc1cc(F)ccc1S(=O)(=O)Nc1ccc(C(=O)N2CCN(C(=O)c3ccccn3)CC2)cc1. The second-order valence-electron chi connectivity index (χ2n) is 7.89. The van der Waals surface area contributed by atoms with E-state index in [9.17, 15) is 22.4 Å². The zero-order valence-electron chi connectivity index (χ0n) is 18.4. The van der Waals surface area contributed by atoms with E-state index in [0.717, 1.165) is 12.1 Å². The van der Waals surface area contributed by atoms with Crippen LogP contribution >= 0.6 is 0 Å². The Morgan fingerprint density at radius 2 is 1.56 bits per heavy atom. The fourth-order valence-corrected chi connectivity index (χ4v) is 5.04. The van der Waals surface area contributed by atoms with Crippen molar-refractivity contribution in [2.75, 3.05) is 30.9 Å². The maximum atomic E-state index is 13.3. The van der Waals surface area contributed by atoms with Crippen molar-refractivity contribution < 1.29 is 22.4 Å². The molecular formula is C24H23FN4O4S. The van der Waals surface area contributed by atoms with Crippen LogP contribution in [0.5, 0.6) is 0 Å². The highest BCUT2D eigenvalue weighted by atomic mass is 32.2. The number of aryl methyl sites for hydroxylation is 1. The standard InChI is InChI=1S/C24H23FN4O4S/c1-17-16-19(25)7-10-22(17)34(32,33)27-20-8-5-18(6-9-20)23(30)28-12-14-29(15-13-28)24(31)21-4-2-3-11-26-21/h2-11,16,27H,12-15H2,1H3. The molecule has 2 aromatic carbocycles. The van der Waals surface area contributed by atoms with Crippen molar-refractivity contribution in [3.05, 3.63) is 89.5 Å². The highest BCUT2D eigenvalue weighted by Crippen LogP contribution is 2.21. The summed E-state index contributed by atoms with van der Waals surface area (Å²) in [6, 6.07) is 14.7. The Morgan fingerprint density at radius 1 is 0.912 bits per heavy atom. The van der Waals surface area contributed by atoms with E-state index in [2.05, 4.69) is 9.71 Å². The number of carbonyl (C=O) groups is 2. The number of benzene rings is 2. The lowest BCUT2D eigenvalue weighted by Crippen LogP contribution is -2.50. The van der Waals surface area contributed by atoms with E-state index in [1.807, 2.05) is 0 Å². The molecule has 0 atom stereocenters. The maximum absolute atomic E-state index is 13.3. The minimum Gasteiger partial charge on any atom is -0.335 e. The number of carbonyl (C=O) groups excluding carboxylic acids is 2. The number of rotatable bonds is 5. The van der Waals surface area contributed by atoms with Gasteiger partial charge in [-0.3, -0.25) is 19.3 Å². The minimum atomic E-state index is -3.91. The second-order valence-corrected chi connectivity index (χ2v) is 9.54. The normalized spacial score (nSPS) is 14.1. The molecule has 0 saturated carbocycles. The molecule has 4 rings (SSSR count). The number of nitrogens with zero attached hydrogens (tertiary/aromatic N) is 3. The molecule has 10 heteroatoms. The van der Waals surface area contributed by atoms with Gasteiger partial charge in [0.05, 0.1) is 4.90 Å². The molecule has 3 aromatic rings. The quantitative estimate of drug-likeness (QED) is 0.603. The van der Waals surface area contributed by atoms with Gasteiger partial charge in [-0.05, 0) is 67.1 Å². The lowest BCUT2D eigenvalue weighted by molar-refractivity contribution is 0.0532. The molecule has 1 aromatic heterocycles. The lowest BCUT2D eigenvalue weighted by Gasteiger charge is -2.34. The number of anilines is 1. The summed E-state index contributed by atoms with van der Waals surface area (Å²) in [4.78, 5) is 32.8. The van der Waals surface area contributed by atoms with Crippen LogP contribution in [-0.2, 0) is 10.0 Å². The Labute approximate surface area is 197 Å². The monoisotopic (exact) mass is 482 g/mol. The van der Waals surface area contributed by atoms with Crippen LogP contribution in [0.15, 0.2) is 71.8 Å². The van der Waals surface area contributed by atoms with E-state index in [1.54, 1.807) is 46.3 Å². The molecule has 0 unspecified atom stereocenters. The summed E-state index contributed by atoms with van der Waals surface area (Å²) in [5.74, 6) is -0.879. The topological polar surface area (TPSA) is 99.7 Å². The van der Waals surface area contributed by atoms with Gasteiger partial charge >= 0.3 is 0 Å². The molecule has 34 heavy (non-hydrogen) atoms. The molecular weight excluding hydrogens is 459 g/mol. The predicted octanol–water partition coefficient (Wildman–Crippen LogP) is 2.93. The zero-order chi connectivity index (χ0) is 24.3. The van der Waals surface area contributed by atoms with Gasteiger partial charge in [0.1, 0.15) is 11.5 Å². The Bertz CT molecular complexity index is 1310. The van der Waals surface area contributed by atoms with Crippen LogP contribution in [0.1, 0.15) is 26.4 Å². The Hall–Kier alpha value is -3.79. The molecule has 1 aliphatic heterocycles. The van der Waals surface area contributed by atoms with Crippen LogP contribution in [0.4, 0.5) is 10.1 Å². The van der Waals surface area contributed by atoms with Crippen molar-refractivity contribution in [3.8, 4) is 0 Å². The van der Waals surface area contributed by atoms with E-state index >= 15 is 0 Å². The number of hydrogen-bond donors (Lipinski definition) is 1. The van der Waals surface area contributed by atoms with E-state index in [1.165, 1.54) is 25.1 Å². The number of nitrogens with one attached hydrogen (secondary N) is 1. The summed E-state index contributed by atoms with van der Waals surface area (Å²) >= 11 is 0. The van der Waals surface area contributed by atoms with Gasteiger partial charge in [-0.15, -0.1) is 0 Å². The second kappa shape index (κ2) is 9.60. The maximum Gasteiger partial charge on any atom is 0.272 e. The number of aromatic nitrogens is 1. The molecule has 2 heterocycles. The van der Waals surface area contributed by atoms with Crippen LogP contribution < -0.4 is 4.72 Å². The van der Waals surface area contributed by atoms with Crippen molar-refractivity contribution in [3.63, 3.8) is 0 Å². The summed E-state index contributed by atoms with van der Waals surface area (Å²) in [5, 5.41) is 0. The smallest absolute Gasteiger partial charge is 0.272 e. The third-order valence-corrected chi connectivity index (χ3v) is 7.09. The average Bonchev–Trinajstić information content (AvgIpc) is 2.84. The largest absolute Gasteiger partial charge is 0.335 e. The lowest BCUT2D eigenvalue weighted by atomic mass is 10.1. The summed E-state index contributed by atoms with van der Waals surface area (Å²) in [6.07, 6.45) is 1.57. The highest BCUT2D eigenvalue weighted by Gasteiger charge is 2.26. The van der Waals surface area contributed by atoms with E-state index in [0.29, 0.717) is 43.0 Å². The first kappa shape index (κ1) is 23.4. The van der Waals surface area contributed by atoms with Gasteiger partial charge in [-0.1, -0.05) is 6.07 Å². The van der Waals surface area contributed by atoms with E-state index in [4.69, 9.17) is 0 Å². The molecule has 1 aliphatic rings. The number of hydrogen-bond acceptors (Lipinski definition) is 5. The molecule has 0 bridgehead atoms. The highest BCUT2D eigenvalue weighted by molar-refractivity contribution is 7.92. The van der Waals surface area contributed by atoms with Crippen molar-refractivity contribution in [2.45, 2.75) is 11.8 Å². The first-order valence-electron chi connectivity index (χ1n) is 10.6. The molecule has 2 amide bonds. The van der Waals surface area contributed by atoms with Gasteiger partial charge in [-0.25, -0.2) is 12.8 Å². The number of halogens is 1. The van der Waals surface area contributed by atoms with Gasteiger partial charge < -0.3 is 9.80 Å². The molecule has 0 radical (unpaired) electrons. The van der Waals surface area contributed by atoms with Crippen molar-refractivity contribution >= 4 is 27.5 Å². The number of pyridine rings is 1. The van der Waals surface area contributed by atoms with Crippen LogP contribution in [-0.4, -0.2) is 61.2 Å². The van der Waals surface area contributed by atoms with Crippen LogP contribution in [0.3, 0.4) is 0 Å². The first-order chi connectivity index (χ1) is 16.2. The zero-order valence-corrected chi connectivity index (χ0v) is 19.3. The minimum absolute atomic E-state index is 0.0211. The molecule has 176 valence electrons. The Balaban J connectivity index is 1.37. The average molecular weight is 483 g/mol. The van der Waals surface area contributed by atoms with E-state index in [-0.39, 0.29) is 22.4 Å². The van der Waals surface area contributed by atoms with Gasteiger partial charge in [0.2, 0.25) is 0 Å².